The lowest BCUT2D eigenvalue weighted by Gasteiger charge is -2.31. The highest BCUT2D eigenvalue weighted by atomic mass is 16.2. The van der Waals surface area contributed by atoms with Gasteiger partial charge in [0.25, 0.3) is 11.5 Å². The molecule has 26 heavy (non-hydrogen) atoms. The highest BCUT2D eigenvalue weighted by Crippen LogP contribution is 2.33. The average molecular weight is 356 g/mol. The number of rotatable bonds is 3. The molecule has 2 unspecified atom stereocenters. The zero-order valence-electron chi connectivity index (χ0n) is 15.4. The maximum Gasteiger partial charge on any atom is 0.332 e. The number of aromatic nitrogens is 3. The summed E-state index contributed by atoms with van der Waals surface area (Å²) in [6, 6.07) is 2.05. The zero-order chi connectivity index (χ0) is 18.6. The summed E-state index contributed by atoms with van der Waals surface area (Å²) in [5.41, 5.74) is 0.307. The standard InChI is InChI=1S/C19H24N4O3/c1-4-10-22-15(18(25)23-12-6-5-7-13(23)9-8-12)11-14-16(22)20(2)19(26)21(3)17(14)24/h5-6,11-13H,4,7-10H2,1-3H3. The molecule has 0 aliphatic carbocycles. The van der Waals surface area contributed by atoms with Gasteiger partial charge >= 0.3 is 5.69 Å². The number of hydrogen-bond acceptors (Lipinski definition) is 3. The fraction of sp³-hybridized carbons (Fsp3) is 0.526. The minimum absolute atomic E-state index is 0.0407. The molecule has 2 aliphatic rings. The van der Waals surface area contributed by atoms with E-state index in [0.717, 1.165) is 30.3 Å². The van der Waals surface area contributed by atoms with Gasteiger partial charge in [0, 0.05) is 26.7 Å². The summed E-state index contributed by atoms with van der Waals surface area (Å²) in [6.07, 6.45) is 7.96. The third-order valence-electron chi connectivity index (χ3n) is 5.71. The minimum atomic E-state index is -0.377. The van der Waals surface area contributed by atoms with Crippen LogP contribution in [0.1, 0.15) is 43.1 Å². The molecule has 7 nitrogen and oxygen atoms in total. The Bertz CT molecular complexity index is 1040. The number of carbonyl (C=O) groups excluding carboxylic acids is 1. The number of carbonyl (C=O) groups is 1. The highest BCUT2D eigenvalue weighted by molar-refractivity contribution is 5.98. The molecule has 1 amide bonds. The van der Waals surface area contributed by atoms with Crippen molar-refractivity contribution in [1.29, 1.82) is 0 Å². The number of nitrogens with zero attached hydrogens (tertiary/aromatic N) is 4. The topological polar surface area (TPSA) is 69.2 Å². The van der Waals surface area contributed by atoms with Gasteiger partial charge in [-0.3, -0.25) is 18.7 Å². The predicted octanol–water partition coefficient (Wildman–Crippen LogP) is 1.38. The molecule has 2 bridgehead atoms. The molecule has 2 aliphatic heterocycles. The van der Waals surface area contributed by atoms with Crippen LogP contribution < -0.4 is 11.2 Å². The second-order valence-corrected chi connectivity index (χ2v) is 7.30. The smallest absolute Gasteiger partial charge is 0.328 e. The summed E-state index contributed by atoms with van der Waals surface area (Å²) >= 11 is 0. The Morgan fingerprint density at radius 2 is 1.96 bits per heavy atom. The molecule has 4 heterocycles. The molecule has 2 aromatic heterocycles. The first-order valence-electron chi connectivity index (χ1n) is 9.24. The van der Waals surface area contributed by atoms with Crippen LogP contribution in [-0.2, 0) is 20.6 Å². The average Bonchev–Trinajstić information content (AvgIpc) is 3.13. The summed E-state index contributed by atoms with van der Waals surface area (Å²) in [4.78, 5) is 40.3. The molecule has 2 atom stereocenters. The maximum atomic E-state index is 13.4. The second kappa shape index (κ2) is 6.00. The molecule has 2 aromatic rings. The van der Waals surface area contributed by atoms with Crippen molar-refractivity contribution < 1.29 is 4.79 Å². The Balaban J connectivity index is 1.94. The third-order valence-corrected chi connectivity index (χ3v) is 5.71. The van der Waals surface area contributed by atoms with E-state index in [1.54, 1.807) is 13.1 Å². The molecular weight excluding hydrogens is 332 g/mol. The van der Waals surface area contributed by atoms with E-state index in [2.05, 4.69) is 12.2 Å². The fourth-order valence-corrected chi connectivity index (χ4v) is 4.44. The van der Waals surface area contributed by atoms with Crippen molar-refractivity contribution in [2.45, 2.75) is 51.2 Å². The maximum absolute atomic E-state index is 13.4. The van der Waals surface area contributed by atoms with E-state index in [1.807, 2.05) is 16.4 Å². The molecule has 0 radical (unpaired) electrons. The summed E-state index contributed by atoms with van der Waals surface area (Å²) in [5.74, 6) is -0.0407. The Kier molecular flexibility index (Phi) is 3.89. The van der Waals surface area contributed by atoms with E-state index in [1.165, 1.54) is 11.6 Å². The summed E-state index contributed by atoms with van der Waals surface area (Å²) in [6.45, 7) is 2.61. The van der Waals surface area contributed by atoms with E-state index in [4.69, 9.17) is 0 Å². The van der Waals surface area contributed by atoms with Gasteiger partial charge in [-0.15, -0.1) is 0 Å². The molecule has 0 aromatic carbocycles. The Labute approximate surface area is 151 Å². The molecule has 0 spiro atoms. The van der Waals surface area contributed by atoms with Crippen molar-refractivity contribution in [1.82, 2.24) is 18.6 Å². The van der Waals surface area contributed by atoms with Crippen LogP contribution >= 0.6 is 0 Å². The minimum Gasteiger partial charge on any atom is -0.328 e. The van der Waals surface area contributed by atoms with Crippen molar-refractivity contribution in [2.75, 3.05) is 0 Å². The van der Waals surface area contributed by atoms with Crippen molar-refractivity contribution in [3.8, 4) is 0 Å². The summed E-state index contributed by atoms with van der Waals surface area (Å²) in [5, 5.41) is 0.422. The quantitative estimate of drug-likeness (QED) is 0.780. The Morgan fingerprint density at radius 3 is 2.65 bits per heavy atom. The van der Waals surface area contributed by atoms with Crippen LogP contribution in [0.15, 0.2) is 27.8 Å². The highest BCUT2D eigenvalue weighted by Gasteiger charge is 2.38. The SMILES string of the molecule is CCCn1c(C(=O)N2C3C=CCC2CC3)cc2c(=O)n(C)c(=O)n(C)c21. The van der Waals surface area contributed by atoms with Crippen LogP contribution in [0.5, 0.6) is 0 Å². The number of amides is 1. The van der Waals surface area contributed by atoms with E-state index >= 15 is 0 Å². The van der Waals surface area contributed by atoms with Gasteiger partial charge in [0.15, 0.2) is 0 Å². The van der Waals surface area contributed by atoms with Gasteiger partial charge in [0.1, 0.15) is 11.3 Å². The van der Waals surface area contributed by atoms with Gasteiger partial charge in [-0.05, 0) is 31.7 Å². The Morgan fingerprint density at radius 1 is 1.19 bits per heavy atom. The monoisotopic (exact) mass is 356 g/mol. The lowest BCUT2D eigenvalue weighted by Crippen LogP contribution is -2.43. The van der Waals surface area contributed by atoms with E-state index < -0.39 is 0 Å². The van der Waals surface area contributed by atoms with Gasteiger partial charge in [-0.2, -0.15) is 0 Å². The third kappa shape index (κ3) is 2.22. The van der Waals surface area contributed by atoms with Crippen molar-refractivity contribution in [3.63, 3.8) is 0 Å². The van der Waals surface area contributed by atoms with Crippen molar-refractivity contribution in [2.24, 2.45) is 14.1 Å². The first-order valence-corrected chi connectivity index (χ1v) is 9.24. The molecule has 138 valence electrons. The molecule has 4 rings (SSSR count). The second-order valence-electron chi connectivity index (χ2n) is 7.30. The molecular formula is C19H24N4O3. The molecule has 1 fully saturated rings. The molecule has 0 N–H and O–H groups in total. The van der Waals surface area contributed by atoms with E-state index in [0.29, 0.717) is 23.3 Å². The molecule has 1 saturated heterocycles. The van der Waals surface area contributed by atoms with Crippen LogP contribution in [-0.4, -0.2) is 36.6 Å². The van der Waals surface area contributed by atoms with Crippen molar-refractivity contribution in [3.05, 3.63) is 44.8 Å². The lowest BCUT2D eigenvalue weighted by atomic mass is 10.1. The van der Waals surface area contributed by atoms with Crippen LogP contribution in [0.25, 0.3) is 11.0 Å². The predicted molar refractivity (Wildman–Crippen MR) is 99.4 cm³/mol. The van der Waals surface area contributed by atoms with Crippen LogP contribution in [0, 0.1) is 0 Å². The summed E-state index contributed by atoms with van der Waals surface area (Å²) in [7, 11) is 3.12. The fourth-order valence-electron chi connectivity index (χ4n) is 4.44. The number of fused-ring (bicyclic) bond motifs is 3. The van der Waals surface area contributed by atoms with Crippen molar-refractivity contribution >= 4 is 16.9 Å². The largest absolute Gasteiger partial charge is 0.332 e. The molecule has 7 heteroatoms. The molecule has 0 saturated carbocycles. The van der Waals surface area contributed by atoms with Gasteiger partial charge in [0.2, 0.25) is 0 Å². The first-order chi connectivity index (χ1) is 12.5. The van der Waals surface area contributed by atoms with E-state index in [-0.39, 0.29) is 29.2 Å². The van der Waals surface area contributed by atoms with Gasteiger partial charge in [-0.1, -0.05) is 19.1 Å². The summed E-state index contributed by atoms with van der Waals surface area (Å²) < 4.78 is 4.41. The van der Waals surface area contributed by atoms with Crippen LogP contribution in [0.2, 0.25) is 0 Å². The van der Waals surface area contributed by atoms with Gasteiger partial charge in [-0.25, -0.2) is 4.79 Å². The number of hydrogen-bond donors (Lipinski definition) is 0. The first kappa shape index (κ1) is 16.9. The number of aryl methyl sites for hydroxylation is 2. The van der Waals surface area contributed by atoms with Gasteiger partial charge < -0.3 is 9.47 Å². The lowest BCUT2D eigenvalue weighted by molar-refractivity contribution is 0.0678. The van der Waals surface area contributed by atoms with E-state index in [9.17, 15) is 14.4 Å². The normalized spacial score (nSPS) is 21.7. The van der Waals surface area contributed by atoms with Gasteiger partial charge in [0.05, 0.1) is 11.4 Å². The zero-order valence-corrected chi connectivity index (χ0v) is 15.4. The Hall–Kier alpha value is -2.57. The van der Waals surface area contributed by atoms with Crippen LogP contribution in [0.4, 0.5) is 0 Å². The van der Waals surface area contributed by atoms with Crippen LogP contribution in [0.3, 0.4) is 0 Å².